The zero-order chi connectivity index (χ0) is 17.1. The molecule has 130 valence electrons. The molecular weight excluding hydrogens is 300 g/mol. The second kappa shape index (κ2) is 7.37. The fourth-order valence-electron chi connectivity index (χ4n) is 3.43. The van der Waals surface area contributed by atoms with Gasteiger partial charge in [-0.3, -0.25) is 9.59 Å². The highest BCUT2D eigenvalue weighted by atomic mass is 16.2. The van der Waals surface area contributed by atoms with Crippen LogP contribution in [0.25, 0.3) is 0 Å². The van der Waals surface area contributed by atoms with Gasteiger partial charge >= 0.3 is 0 Å². The molecule has 2 saturated carbocycles. The van der Waals surface area contributed by atoms with Crippen LogP contribution in [0.5, 0.6) is 0 Å². The van der Waals surface area contributed by atoms with Crippen LogP contribution in [0.2, 0.25) is 0 Å². The van der Waals surface area contributed by atoms with Crippen LogP contribution in [0.4, 0.5) is 0 Å². The van der Waals surface area contributed by atoms with Gasteiger partial charge in [-0.2, -0.15) is 0 Å². The molecule has 0 unspecified atom stereocenters. The summed E-state index contributed by atoms with van der Waals surface area (Å²) in [6, 6.07) is 10.8. The Bertz CT molecular complexity index is 579. The van der Waals surface area contributed by atoms with E-state index < -0.39 is 0 Å². The van der Waals surface area contributed by atoms with Gasteiger partial charge in [-0.15, -0.1) is 0 Å². The number of nitrogens with zero attached hydrogens (tertiary/aromatic N) is 2. The molecule has 2 fully saturated rings. The van der Waals surface area contributed by atoms with Gasteiger partial charge in [-0.25, -0.2) is 0 Å². The van der Waals surface area contributed by atoms with Crippen molar-refractivity contribution in [2.45, 2.75) is 64.6 Å². The molecule has 0 aromatic heterocycles. The van der Waals surface area contributed by atoms with Crippen LogP contribution in [-0.2, 0) is 16.1 Å². The molecule has 1 aromatic carbocycles. The van der Waals surface area contributed by atoms with Crippen molar-refractivity contribution in [3.05, 3.63) is 35.9 Å². The van der Waals surface area contributed by atoms with Gasteiger partial charge < -0.3 is 9.80 Å². The summed E-state index contributed by atoms with van der Waals surface area (Å²) in [4.78, 5) is 28.6. The molecule has 1 aromatic rings. The van der Waals surface area contributed by atoms with Crippen molar-refractivity contribution in [3.63, 3.8) is 0 Å². The monoisotopic (exact) mass is 328 g/mol. The van der Waals surface area contributed by atoms with E-state index in [0.717, 1.165) is 18.4 Å². The molecule has 2 aliphatic rings. The minimum Gasteiger partial charge on any atom is -0.338 e. The Morgan fingerprint density at radius 2 is 1.79 bits per heavy atom. The van der Waals surface area contributed by atoms with Crippen LogP contribution in [-0.4, -0.2) is 40.2 Å². The smallest absolute Gasteiger partial charge is 0.224 e. The number of hydrogen-bond donors (Lipinski definition) is 0. The maximum Gasteiger partial charge on any atom is 0.224 e. The molecular formula is C20H28N2O2. The van der Waals surface area contributed by atoms with E-state index in [9.17, 15) is 9.59 Å². The first kappa shape index (κ1) is 17.0. The second-order valence-electron chi connectivity index (χ2n) is 7.29. The minimum atomic E-state index is 0.0277. The van der Waals surface area contributed by atoms with Crippen molar-refractivity contribution in [1.82, 2.24) is 9.80 Å². The largest absolute Gasteiger partial charge is 0.338 e. The number of rotatable bonds is 8. The average molecular weight is 328 g/mol. The summed E-state index contributed by atoms with van der Waals surface area (Å²) in [6.45, 7) is 4.86. The highest BCUT2D eigenvalue weighted by molar-refractivity contribution is 5.79. The zero-order valence-corrected chi connectivity index (χ0v) is 14.8. The summed E-state index contributed by atoms with van der Waals surface area (Å²) in [6.07, 6.45) is 5.23. The lowest BCUT2D eigenvalue weighted by Crippen LogP contribution is -2.43. The van der Waals surface area contributed by atoms with Crippen LogP contribution in [0.3, 0.4) is 0 Å². The van der Waals surface area contributed by atoms with Crippen molar-refractivity contribution in [2.24, 2.45) is 5.92 Å². The lowest BCUT2D eigenvalue weighted by Gasteiger charge is -2.31. The van der Waals surface area contributed by atoms with Crippen molar-refractivity contribution in [2.75, 3.05) is 6.54 Å². The molecule has 1 atom stereocenters. The summed E-state index contributed by atoms with van der Waals surface area (Å²) in [5.74, 6) is 0.943. The van der Waals surface area contributed by atoms with Crippen LogP contribution in [0.1, 0.15) is 51.5 Å². The van der Waals surface area contributed by atoms with E-state index in [2.05, 4.69) is 11.8 Å². The van der Waals surface area contributed by atoms with E-state index in [0.29, 0.717) is 37.5 Å². The van der Waals surface area contributed by atoms with Gasteiger partial charge in [-0.1, -0.05) is 30.3 Å². The second-order valence-corrected chi connectivity index (χ2v) is 7.29. The van der Waals surface area contributed by atoms with Crippen molar-refractivity contribution < 1.29 is 9.59 Å². The molecule has 0 saturated heterocycles. The quantitative estimate of drug-likeness (QED) is 0.735. The van der Waals surface area contributed by atoms with E-state index in [1.165, 1.54) is 12.8 Å². The van der Waals surface area contributed by atoms with Gasteiger partial charge in [-0.05, 0) is 44.1 Å². The number of hydrogen-bond acceptors (Lipinski definition) is 2. The Morgan fingerprint density at radius 1 is 1.12 bits per heavy atom. The Hall–Kier alpha value is -1.84. The molecule has 4 heteroatoms. The number of carbonyl (C=O) groups excluding carboxylic acids is 2. The topological polar surface area (TPSA) is 40.6 Å². The van der Waals surface area contributed by atoms with E-state index >= 15 is 0 Å². The molecule has 0 radical (unpaired) electrons. The molecule has 24 heavy (non-hydrogen) atoms. The lowest BCUT2D eigenvalue weighted by molar-refractivity contribution is -0.136. The van der Waals surface area contributed by atoms with Crippen LogP contribution in [0, 0.1) is 5.92 Å². The van der Waals surface area contributed by atoms with Crippen LogP contribution >= 0.6 is 0 Å². The van der Waals surface area contributed by atoms with Crippen molar-refractivity contribution in [3.8, 4) is 0 Å². The predicted molar refractivity (Wildman–Crippen MR) is 94.2 cm³/mol. The summed E-state index contributed by atoms with van der Waals surface area (Å²) in [7, 11) is 0. The molecule has 2 amide bonds. The molecule has 0 aliphatic heterocycles. The first-order valence-corrected chi connectivity index (χ1v) is 9.17. The SMILES string of the molecule is CC(=O)N(CCC(=O)N(C1CC1)[C@@H](C)C1CC1)Cc1ccccc1. The Labute approximate surface area is 144 Å². The third-order valence-electron chi connectivity index (χ3n) is 5.23. The van der Waals surface area contributed by atoms with E-state index in [1.807, 2.05) is 30.3 Å². The van der Waals surface area contributed by atoms with E-state index in [1.54, 1.807) is 11.8 Å². The van der Waals surface area contributed by atoms with Crippen LogP contribution in [0.15, 0.2) is 30.3 Å². The predicted octanol–water partition coefficient (Wildman–Crippen LogP) is 3.21. The maximum absolute atomic E-state index is 12.8. The molecule has 4 nitrogen and oxygen atoms in total. The fraction of sp³-hybridized carbons (Fsp3) is 0.600. The summed E-state index contributed by atoms with van der Waals surface area (Å²) >= 11 is 0. The first-order valence-electron chi connectivity index (χ1n) is 9.17. The number of carbonyl (C=O) groups is 2. The Morgan fingerprint density at radius 3 is 2.33 bits per heavy atom. The molecule has 0 heterocycles. The normalized spacial score (nSPS) is 18.1. The van der Waals surface area contributed by atoms with Crippen LogP contribution < -0.4 is 0 Å². The van der Waals surface area contributed by atoms with Crippen molar-refractivity contribution in [1.29, 1.82) is 0 Å². The van der Waals surface area contributed by atoms with Crippen molar-refractivity contribution >= 4 is 11.8 Å². The Kier molecular flexibility index (Phi) is 5.22. The summed E-state index contributed by atoms with van der Waals surface area (Å²) in [5, 5.41) is 0. The lowest BCUT2D eigenvalue weighted by atomic mass is 10.1. The molecule has 2 aliphatic carbocycles. The maximum atomic E-state index is 12.8. The minimum absolute atomic E-state index is 0.0277. The van der Waals surface area contributed by atoms with Gasteiger partial charge in [0.25, 0.3) is 0 Å². The van der Waals surface area contributed by atoms with Gasteiger partial charge in [0.2, 0.25) is 11.8 Å². The fourth-order valence-corrected chi connectivity index (χ4v) is 3.43. The molecule has 3 rings (SSSR count). The number of benzene rings is 1. The highest BCUT2D eigenvalue weighted by Gasteiger charge is 2.41. The zero-order valence-electron chi connectivity index (χ0n) is 14.8. The van der Waals surface area contributed by atoms with Gasteiger partial charge in [0.05, 0.1) is 0 Å². The van der Waals surface area contributed by atoms with Gasteiger partial charge in [0.15, 0.2) is 0 Å². The highest BCUT2D eigenvalue weighted by Crippen LogP contribution is 2.39. The molecule has 0 N–H and O–H groups in total. The first-order chi connectivity index (χ1) is 11.6. The average Bonchev–Trinajstić information content (AvgIpc) is 3.45. The summed E-state index contributed by atoms with van der Waals surface area (Å²) < 4.78 is 0. The number of amides is 2. The summed E-state index contributed by atoms with van der Waals surface area (Å²) in [5.41, 5.74) is 1.10. The van der Waals surface area contributed by atoms with Gasteiger partial charge in [0, 0.05) is 38.5 Å². The third-order valence-corrected chi connectivity index (χ3v) is 5.23. The molecule has 0 bridgehead atoms. The van der Waals surface area contributed by atoms with Gasteiger partial charge in [0.1, 0.15) is 0 Å². The van der Waals surface area contributed by atoms with E-state index in [-0.39, 0.29) is 11.8 Å². The third kappa shape index (κ3) is 4.37. The Balaban J connectivity index is 1.56. The van der Waals surface area contributed by atoms with E-state index in [4.69, 9.17) is 0 Å². The molecule has 0 spiro atoms. The standard InChI is InChI=1S/C20H28N2O2/c1-15(18-8-9-18)22(19-10-11-19)20(24)12-13-21(16(2)23)14-17-6-4-3-5-7-17/h3-7,15,18-19H,8-14H2,1-2H3/t15-/m0/s1.